The Hall–Kier alpha value is -13.1. The number of aliphatic carboxylic acids is 4. The van der Waals surface area contributed by atoms with Crippen molar-refractivity contribution in [3.63, 3.8) is 0 Å². The maximum Gasteiger partial charge on any atom is 0.326 e. The van der Waals surface area contributed by atoms with Crippen LogP contribution in [0, 0.1) is 17.8 Å². The highest BCUT2D eigenvalue weighted by Gasteiger charge is 2.45. The number of carbonyl (C=O) groups is 21. The number of carboxylic acid groups (broad SMARTS) is 4. The third-order valence-corrected chi connectivity index (χ3v) is 22.4. The van der Waals surface area contributed by atoms with Crippen LogP contribution in [0.5, 0.6) is 5.75 Å². The number of rotatable bonds is 59. The van der Waals surface area contributed by atoms with Crippen LogP contribution in [0.25, 0.3) is 0 Å². The molecule has 2 saturated heterocycles. The van der Waals surface area contributed by atoms with Crippen LogP contribution in [-0.2, 0) is 114 Å². The molecule has 750 valence electrons. The van der Waals surface area contributed by atoms with Gasteiger partial charge in [-0.05, 0) is 152 Å². The molecule has 0 spiro atoms. The molecule has 0 unspecified atom stereocenters. The first-order chi connectivity index (χ1) is 63.4. The molecule has 17 amide bonds. The topological polar surface area (TPSA) is 780 Å². The van der Waals surface area contributed by atoms with Gasteiger partial charge in [-0.1, -0.05) is 90.4 Å². The number of aromatic hydroxyl groups is 1. The summed E-state index contributed by atoms with van der Waals surface area (Å²) in [5.74, 6) is -24.4. The van der Waals surface area contributed by atoms with Crippen molar-refractivity contribution in [3.05, 3.63) is 65.7 Å². The second-order valence-electron chi connectivity index (χ2n) is 34.9. The second-order valence-corrected chi connectivity index (χ2v) is 34.9. The Morgan fingerprint density at radius 2 is 0.793 bits per heavy atom. The fourth-order valence-corrected chi connectivity index (χ4v) is 14.8. The summed E-state index contributed by atoms with van der Waals surface area (Å²) in [6, 6.07) is -11.9. The summed E-state index contributed by atoms with van der Waals surface area (Å²) in [5.41, 5.74) is 25.2. The molecule has 2 heterocycles. The van der Waals surface area contributed by atoms with E-state index < -0.39 is 284 Å². The molecule has 2 aliphatic rings. The highest BCUT2D eigenvalue weighted by atomic mass is 16.4. The van der Waals surface area contributed by atoms with Crippen LogP contribution in [-0.4, -0.2) is 295 Å². The van der Waals surface area contributed by atoms with Gasteiger partial charge in [0, 0.05) is 32.4 Å². The Labute approximate surface area is 781 Å². The molecule has 4 rings (SSSR count). The molecule has 2 fully saturated rings. The maximum atomic E-state index is 15.0. The lowest BCUT2D eigenvalue weighted by molar-refractivity contribution is -0.398. The lowest BCUT2D eigenvalue weighted by Gasteiger charge is -2.33. The molecule has 0 aliphatic carbocycles. The van der Waals surface area contributed by atoms with Gasteiger partial charge >= 0.3 is 23.9 Å². The molecule has 0 radical (unpaired) electrons. The quantitative estimate of drug-likeness (QED) is 0.0216. The number of nitrogens with one attached hydrogen (secondary N) is 15. The molecular weight excluding hydrogens is 1770 g/mol. The molecule has 0 bridgehead atoms. The van der Waals surface area contributed by atoms with E-state index in [2.05, 4.69) is 85.9 Å². The number of unbranched alkanes of at least 4 members (excludes halogenated alkanes) is 1. The predicted octanol–water partition coefficient (Wildman–Crippen LogP) is -7.47. The number of nitrogens with two attached hydrogens (primary N) is 3. The minimum atomic E-state index is -1.98. The summed E-state index contributed by atoms with van der Waals surface area (Å²) < 4.78 is 0. The van der Waals surface area contributed by atoms with E-state index in [0.29, 0.717) is 30.5 Å². The van der Waals surface area contributed by atoms with Crippen LogP contribution >= 0.6 is 0 Å². The summed E-state index contributed by atoms with van der Waals surface area (Å²) in [6.45, 7) is 15.8. The number of hydrogen-bond acceptors (Lipinski definition) is 25. The summed E-state index contributed by atoms with van der Waals surface area (Å²) in [7, 11) is 0. The molecule has 2 aromatic rings. The van der Waals surface area contributed by atoms with Crippen LogP contribution in [0.4, 0.5) is 0 Å². The average Bonchev–Trinajstić information content (AvgIpc) is 1.70. The normalized spacial score (nSPS) is 17.1. The van der Waals surface area contributed by atoms with E-state index >= 15 is 0 Å². The number of benzene rings is 2. The third kappa shape index (κ3) is 39.6. The molecule has 135 heavy (non-hydrogen) atoms. The number of likely N-dealkylation sites (tertiary alicyclic amines) is 2. The monoisotopic (exact) mass is 1910 g/mol. The van der Waals surface area contributed by atoms with E-state index in [1.165, 1.54) is 54.8 Å². The number of primary amides is 1. The predicted molar refractivity (Wildman–Crippen MR) is 480 cm³/mol. The minimum Gasteiger partial charge on any atom is -0.508 e. The van der Waals surface area contributed by atoms with Gasteiger partial charge in [0.05, 0.1) is 25.8 Å². The molecular formula is C87H138N22O26+2. The van der Waals surface area contributed by atoms with E-state index in [4.69, 9.17) is 22.3 Å². The number of nitrogens with zero attached hydrogens (tertiary/aromatic N) is 2. The Bertz CT molecular complexity index is 4450. The fraction of sp³-hybridized carbons (Fsp3) is 0.621. The van der Waals surface area contributed by atoms with Gasteiger partial charge in [-0.2, -0.15) is 0 Å². The largest absolute Gasteiger partial charge is 0.508 e. The van der Waals surface area contributed by atoms with Crippen molar-refractivity contribution in [2.75, 3.05) is 26.2 Å². The Balaban J connectivity index is 1.59. The number of carbonyl (C=O) groups excluding carboxylic acids is 17. The fourth-order valence-electron chi connectivity index (χ4n) is 14.8. The Morgan fingerprint density at radius 1 is 0.415 bits per heavy atom. The van der Waals surface area contributed by atoms with Gasteiger partial charge in [0.2, 0.25) is 94.5 Å². The van der Waals surface area contributed by atoms with E-state index in [-0.39, 0.29) is 102 Å². The van der Waals surface area contributed by atoms with Crippen molar-refractivity contribution in [1.29, 1.82) is 0 Å². The zero-order valence-corrected chi connectivity index (χ0v) is 77.9. The van der Waals surface area contributed by atoms with E-state index in [1.807, 2.05) is 5.32 Å². The van der Waals surface area contributed by atoms with Crippen LogP contribution in [0.15, 0.2) is 54.6 Å². The minimum absolute atomic E-state index is 0.0219. The molecule has 2 aliphatic heterocycles. The lowest BCUT2D eigenvalue weighted by Crippen LogP contribution is -2.67. The van der Waals surface area contributed by atoms with Crippen molar-refractivity contribution >= 4 is 124 Å². The van der Waals surface area contributed by atoms with Gasteiger partial charge in [0.25, 0.3) is 5.91 Å². The van der Waals surface area contributed by atoms with Crippen LogP contribution in [0.1, 0.15) is 190 Å². The van der Waals surface area contributed by atoms with Gasteiger partial charge in [-0.25, -0.2) is 4.79 Å². The van der Waals surface area contributed by atoms with Gasteiger partial charge in [0.15, 0.2) is 6.04 Å². The van der Waals surface area contributed by atoms with Crippen LogP contribution < -0.4 is 108 Å². The lowest BCUT2D eigenvalue weighted by atomic mass is 9.96. The van der Waals surface area contributed by atoms with Gasteiger partial charge < -0.3 is 138 Å². The maximum absolute atomic E-state index is 15.0. The van der Waals surface area contributed by atoms with Crippen molar-refractivity contribution in [1.82, 2.24) is 89.6 Å². The summed E-state index contributed by atoms with van der Waals surface area (Å²) in [5, 5.41) is 86.8. The molecule has 0 saturated carbocycles. The number of hydrogen-bond donors (Lipinski definition) is 25. The van der Waals surface area contributed by atoms with Gasteiger partial charge in [-0.15, -0.1) is 0 Å². The number of phenolic OH excluding ortho intramolecular Hbond substituents is 1. The number of quaternary nitrogens is 2. The van der Waals surface area contributed by atoms with E-state index in [1.54, 1.807) is 71.9 Å². The number of phenols is 1. The molecule has 2 aromatic carbocycles. The van der Waals surface area contributed by atoms with Crippen molar-refractivity contribution in [2.45, 2.75) is 300 Å². The van der Waals surface area contributed by atoms with Crippen molar-refractivity contribution in [3.8, 4) is 5.75 Å². The molecule has 48 nitrogen and oxygen atoms in total. The summed E-state index contributed by atoms with van der Waals surface area (Å²) in [6.07, 6.45) is -4.64. The first-order valence-electron chi connectivity index (χ1n) is 45.2. The smallest absolute Gasteiger partial charge is 0.326 e. The SMILES string of the molecule is CC[C@H](C)[C@H](NC(=O)[C@H](CC(=O)O)NC(=O)[C@H](CC(C)C)NC(=O)[C@H](Cc1ccc(O)cc1)NC(=O)[C@H](CC(=O)O)NC(=O)[C@@H]1CCCN1C(=O)[C@H](C)NC(=O)[C@H](C)[NH3+])C(=O)N1CCC[C@H]1C(=O)N[C@@H](C)C(=O)N[C@@H](Cc1ccccc1)C(=O)N[C@@H](CC(C)C)C(=O)N[C@@H](CCCNC(N)N)C(=O)N[C@@H](CCCC[NH3+])C(=O)N[C@@H](CCC(N)=O)C(=O)N[C@@H](C)C(=O)N[C@@H](CC(=O)O)C(=O)O. The van der Waals surface area contributed by atoms with Crippen molar-refractivity contribution in [2.24, 2.45) is 35.0 Å². The zero-order chi connectivity index (χ0) is 101. The first-order valence-corrected chi connectivity index (χ1v) is 45.2. The van der Waals surface area contributed by atoms with Crippen LogP contribution in [0.2, 0.25) is 0 Å². The molecule has 48 heteroatoms. The van der Waals surface area contributed by atoms with Gasteiger partial charge in [-0.3, -0.25) is 101 Å². The van der Waals surface area contributed by atoms with Crippen LogP contribution in [0.3, 0.4) is 0 Å². The molecule has 18 atom stereocenters. The second kappa shape index (κ2) is 56.8. The average molecular weight is 1910 g/mol. The third-order valence-electron chi connectivity index (χ3n) is 22.4. The standard InChI is InChI=1S/C87H136N22O26/c1-11-45(6)69(107-81(129)61(41-67(114)115)104-77(125)57(37-44(4)5)102-79(127)59(39-51-26-28-52(110)29-27-51)103-80(128)60(40-66(112)113)105-83(131)64-25-18-34-108(64)84(132)49(10)96-70(118)46(7)89)85(133)109-35-19-24-63(109)82(130)95-48(9)71(119)100-58(38-50-20-13-12-14-21-50)78(126)101-56(36-43(2)3)76(124)98-54(23-17-33-93-87(91)92)75(123)97-53(22-15-16-32-88)74(122)99-55(30-31-65(90)111)73(121)94-47(8)72(120)106-62(86(134)135)42-68(116)117/h12-14,20-21,26-29,43-49,53-64,69,87,93,110H,11,15-19,22-25,30-42,88-89,91-92H2,1-10H3,(H2,90,111)(H,94,121)(H,95,130)(H,96,118)(H,97,123)(H,98,124)(H,99,122)(H,100,119)(H,101,126)(H,102,127)(H,103,128)(H,104,125)(H,105,131)(H,106,120)(H,107,129)(H,112,113)(H,114,115)(H,116,117)(H,134,135)/p+2/t45-,46-,47-,48-,49-,53-,54-,55-,56-,57-,58-,59-,60-,61-,62-,63-,64-,69-/m0/s1. The number of carboxylic acids is 4. The van der Waals surface area contributed by atoms with E-state index in [9.17, 15) is 121 Å². The highest BCUT2D eigenvalue weighted by molar-refractivity contribution is 6.02. The molecule has 32 N–H and O–H groups in total. The Kier molecular flexibility index (Phi) is 48.1. The van der Waals surface area contributed by atoms with E-state index in [0.717, 1.165) is 6.92 Å². The van der Waals surface area contributed by atoms with Gasteiger partial charge in [0.1, 0.15) is 109 Å². The first kappa shape index (κ1) is 114. The Morgan fingerprint density at radius 3 is 1.25 bits per heavy atom. The van der Waals surface area contributed by atoms with Crippen molar-refractivity contribution < 1.29 is 138 Å². The number of amides is 17. The zero-order valence-electron chi connectivity index (χ0n) is 77.9. The molecule has 0 aromatic heterocycles. The highest BCUT2D eigenvalue weighted by Crippen LogP contribution is 2.25. The summed E-state index contributed by atoms with van der Waals surface area (Å²) in [4.78, 5) is 290. The summed E-state index contributed by atoms with van der Waals surface area (Å²) >= 11 is 0.